The van der Waals surface area contributed by atoms with Crippen LogP contribution < -0.4 is 0 Å². The number of likely N-dealkylation sites (N-methyl/N-ethyl adjacent to an activating group) is 1. The predicted octanol–water partition coefficient (Wildman–Crippen LogP) is 2.59. The molecule has 1 amide bonds. The van der Waals surface area contributed by atoms with E-state index in [1.807, 2.05) is 26.1 Å². The Bertz CT molecular complexity index is 739. The number of rotatable bonds is 4. The molecule has 2 aromatic rings. The summed E-state index contributed by atoms with van der Waals surface area (Å²) in [4.78, 5) is 19.3. The van der Waals surface area contributed by atoms with Crippen molar-refractivity contribution in [3.8, 4) is 0 Å². The molecule has 1 aromatic carbocycles. The van der Waals surface area contributed by atoms with Crippen molar-refractivity contribution in [1.29, 1.82) is 0 Å². The van der Waals surface area contributed by atoms with E-state index in [0.29, 0.717) is 31.9 Å². The van der Waals surface area contributed by atoms with E-state index in [0.717, 1.165) is 23.0 Å². The van der Waals surface area contributed by atoms with E-state index in [2.05, 4.69) is 24.0 Å². The summed E-state index contributed by atoms with van der Waals surface area (Å²) in [5.74, 6) is -0.00655. The van der Waals surface area contributed by atoms with E-state index in [-0.39, 0.29) is 12.0 Å². The molecule has 0 saturated carbocycles. The number of hydrogen-bond donors (Lipinski definition) is 0. The Kier molecular flexibility index (Phi) is 5.11. The van der Waals surface area contributed by atoms with Gasteiger partial charge in [0.05, 0.1) is 37.0 Å². The first-order valence-corrected chi connectivity index (χ1v) is 8.43. The summed E-state index contributed by atoms with van der Waals surface area (Å²) in [6.45, 7) is 6.30. The van der Waals surface area contributed by atoms with Crippen LogP contribution in [0.2, 0.25) is 0 Å². The molecule has 1 fully saturated rings. The molecule has 1 atom stereocenters. The fourth-order valence-corrected chi connectivity index (χ4v) is 3.04. The normalized spacial score (nSPS) is 17.9. The lowest BCUT2D eigenvalue weighted by molar-refractivity contribution is -0.0933. The van der Waals surface area contributed by atoms with Gasteiger partial charge in [0, 0.05) is 24.7 Å². The van der Waals surface area contributed by atoms with E-state index < -0.39 is 0 Å². The molecule has 3 rings (SSSR count). The largest absolute Gasteiger partial charge is 0.376 e. The minimum Gasteiger partial charge on any atom is -0.376 e. The highest BCUT2D eigenvalue weighted by Crippen LogP contribution is 2.22. The number of carbonyl (C=O) groups excluding carboxylic acids is 1. The highest BCUT2D eigenvalue weighted by molar-refractivity contribution is 6.06. The average Bonchev–Trinajstić information content (AvgIpc) is 2.60. The molecule has 1 saturated heterocycles. The van der Waals surface area contributed by atoms with Crippen LogP contribution in [-0.4, -0.2) is 55.3 Å². The van der Waals surface area contributed by atoms with Gasteiger partial charge in [-0.2, -0.15) is 0 Å². The van der Waals surface area contributed by atoms with Crippen LogP contribution in [0.15, 0.2) is 24.3 Å². The average molecular weight is 328 g/mol. The van der Waals surface area contributed by atoms with Gasteiger partial charge in [-0.1, -0.05) is 13.0 Å². The maximum Gasteiger partial charge on any atom is 0.254 e. The Morgan fingerprint density at radius 1 is 1.33 bits per heavy atom. The first-order chi connectivity index (χ1) is 11.6. The Morgan fingerprint density at radius 3 is 2.88 bits per heavy atom. The number of aryl methyl sites for hydroxylation is 2. The minimum absolute atomic E-state index is 0.00655. The molecule has 1 aromatic heterocycles. The van der Waals surface area contributed by atoms with E-state index in [1.165, 1.54) is 5.56 Å². The number of amides is 1. The maximum atomic E-state index is 13.0. The number of pyridine rings is 1. The highest BCUT2D eigenvalue weighted by atomic mass is 16.6. The zero-order valence-corrected chi connectivity index (χ0v) is 14.5. The third kappa shape index (κ3) is 3.57. The molecule has 5 nitrogen and oxygen atoms in total. The fraction of sp³-hybridized carbons (Fsp3) is 0.474. The van der Waals surface area contributed by atoms with Crippen molar-refractivity contribution in [2.45, 2.75) is 26.4 Å². The van der Waals surface area contributed by atoms with Gasteiger partial charge >= 0.3 is 0 Å². The number of fused-ring (bicyclic) bond motifs is 1. The summed E-state index contributed by atoms with van der Waals surface area (Å²) in [7, 11) is 1.81. The molecule has 1 aliphatic heterocycles. The molecule has 0 N–H and O–H groups in total. The molecule has 0 aliphatic carbocycles. The van der Waals surface area contributed by atoms with Crippen molar-refractivity contribution in [2.75, 3.05) is 33.4 Å². The third-order valence-electron chi connectivity index (χ3n) is 4.35. The van der Waals surface area contributed by atoms with Gasteiger partial charge in [0.15, 0.2) is 0 Å². The molecular weight excluding hydrogens is 304 g/mol. The third-order valence-corrected chi connectivity index (χ3v) is 4.35. The molecule has 1 aliphatic rings. The zero-order valence-electron chi connectivity index (χ0n) is 14.5. The molecule has 0 bridgehead atoms. The summed E-state index contributed by atoms with van der Waals surface area (Å²) >= 11 is 0. The maximum absolute atomic E-state index is 13.0. The lowest BCUT2D eigenvalue weighted by Crippen LogP contribution is -2.40. The Hall–Kier alpha value is -1.98. The first-order valence-electron chi connectivity index (χ1n) is 8.43. The number of benzene rings is 1. The van der Waals surface area contributed by atoms with Gasteiger partial charge in [-0.05, 0) is 37.1 Å². The van der Waals surface area contributed by atoms with Crippen molar-refractivity contribution in [3.05, 3.63) is 41.1 Å². The summed E-state index contributed by atoms with van der Waals surface area (Å²) in [6.07, 6.45) is 0.869. The molecule has 24 heavy (non-hydrogen) atoms. The summed E-state index contributed by atoms with van der Waals surface area (Å²) in [5.41, 5.74) is 3.61. The van der Waals surface area contributed by atoms with Crippen LogP contribution in [-0.2, 0) is 15.9 Å². The Labute approximate surface area is 142 Å². The monoisotopic (exact) mass is 328 g/mol. The molecule has 5 heteroatoms. The molecule has 2 heterocycles. The summed E-state index contributed by atoms with van der Waals surface area (Å²) in [5, 5.41) is 0.914. The second-order valence-electron chi connectivity index (χ2n) is 6.27. The number of ether oxygens (including phenoxy) is 2. The van der Waals surface area contributed by atoms with E-state index in [9.17, 15) is 4.79 Å². The zero-order chi connectivity index (χ0) is 17.1. The fourth-order valence-electron chi connectivity index (χ4n) is 3.04. The summed E-state index contributed by atoms with van der Waals surface area (Å²) < 4.78 is 11.1. The van der Waals surface area contributed by atoms with Crippen molar-refractivity contribution in [2.24, 2.45) is 0 Å². The van der Waals surface area contributed by atoms with Crippen molar-refractivity contribution in [3.63, 3.8) is 0 Å². The van der Waals surface area contributed by atoms with Crippen molar-refractivity contribution in [1.82, 2.24) is 9.88 Å². The first kappa shape index (κ1) is 16.9. The lowest BCUT2D eigenvalue weighted by Gasteiger charge is -2.27. The SMILES string of the molecule is CCc1ccc2nc(C)cc(C(=O)N(C)CC3COCCO3)c2c1. The Morgan fingerprint density at radius 2 is 2.17 bits per heavy atom. The standard InChI is InChI=1S/C19H24N2O3/c1-4-14-5-6-18-16(10-14)17(9-13(2)20-18)19(22)21(3)11-15-12-23-7-8-24-15/h5-6,9-10,15H,4,7-8,11-12H2,1-3H3. The van der Waals surface area contributed by atoms with Crippen LogP contribution >= 0.6 is 0 Å². The van der Waals surface area contributed by atoms with Crippen LogP contribution in [0.25, 0.3) is 10.9 Å². The van der Waals surface area contributed by atoms with Gasteiger partial charge in [0.25, 0.3) is 5.91 Å². The molecule has 0 radical (unpaired) electrons. The topological polar surface area (TPSA) is 51.7 Å². The second-order valence-corrected chi connectivity index (χ2v) is 6.27. The van der Waals surface area contributed by atoms with E-state index in [4.69, 9.17) is 9.47 Å². The van der Waals surface area contributed by atoms with Crippen LogP contribution in [0.1, 0.15) is 28.5 Å². The van der Waals surface area contributed by atoms with Gasteiger partial charge in [0.2, 0.25) is 0 Å². The smallest absolute Gasteiger partial charge is 0.254 e. The Balaban J connectivity index is 1.90. The van der Waals surface area contributed by atoms with Gasteiger partial charge in [0.1, 0.15) is 0 Å². The molecule has 1 unspecified atom stereocenters. The second kappa shape index (κ2) is 7.28. The van der Waals surface area contributed by atoms with Crippen molar-refractivity contribution >= 4 is 16.8 Å². The number of aromatic nitrogens is 1. The lowest BCUT2D eigenvalue weighted by atomic mass is 10.0. The van der Waals surface area contributed by atoms with Crippen LogP contribution in [0.5, 0.6) is 0 Å². The molecule has 128 valence electrons. The van der Waals surface area contributed by atoms with Crippen molar-refractivity contribution < 1.29 is 14.3 Å². The number of nitrogens with zero attached hydrogens (tertiary/aromatic N) is 2. The van der Waals surface area contributed by atoms with Gasteiger partial charge in [-0.25, -0.2) is 0 Å². The quantitative estimate of drug-likeness (QED) is 0.866. The number of carbonyl (C=O) groups is 1. The predicted molar refractivity (Wildman–Crippen MR) is 93.4 cm³/mol. The highest BCUT2D eigenvalue weighted by Gasteiger charge is 2.22. The molecule has 0 spiro atoms. The van der Waals surface area contributed by atoms with Crippen LogP contribution in [0.3, 0.4) is 0 Å². The van der Waals surface area contributed by atoms with Crippen LogP contribution in [0, 0.1) is 6.92 Å². The van der Waals surface area contributed by atoms with Gasteiger partial charge in [-0.15, -0.1) is 0 Å². The van der Waals surface area contributed by atoms with E-state index >= 15 is 0 Å². The van der Waals surface area contributed by atoms with Gasteiger partial charge < -0.3 is 14.4 Å². The van der Waals surface area contributed by atoms with Gasteiger partial charge in [-0.3, -0.25) is 9.78 Å². The van der Waals surface area contributed by atoms with Crippen LogP contribution in [0.4, 0.5) is 0 Å². The molecular formula is C19H24N2O3. The minimum atomic E-state index is -0.0619. The van der Waals surface area contributed by atoms with E-state index in [1.54, 1.807) is 4.90 Å². The number of hydrogen-bond acceptors (Lipinski definition) is 4. The summed E-state index contributed by atoms with van der Waals surface area (Å²) in [6, 6.07) is 8.01.